The van der Waals surface area contributed by atoms with Crippen molar-refractivity contribution in [3.63, 3.8) is 0 Å². The highest BCUT2D eigenvalue weighted by molar-refractivity contribution is 7.91. The van der Waals surface area contributed by atoms with Gasteiger partial charge in [0.25, 0.3) is 0 Å². The fraction of sp³-hybridized carbons (Fsp3) is 0.143. The summed E-state index contributed by atoms with van der Waals surface area (Å²) in [6.07, 6.45) is 5.85. The van der Waals surface area contributed by atoms with E-state index in [1.54, 1.807) is 48.7 Å². The van der Waals surface area contributed by atoms with Crippen LogP contribution in [0.2, 0.25) is 0 Å². The Hall–Kier alpha value is -3.19. The molecule has 2 aromatic heterocycles. The number of nitrogens with zero attached hydrogens (tertiary/aromatic N) is 3. The number of rotatable bonds is 5. The van der Waals surface area contributed by atoms with Crippen molar-refractivity contribution in [1.29, 1.82) is 0 Å². The van der Waals surface area contributed by atoms with E-state index in [2.05, 4.69) is 21.5 Å². The fourth-order valence-electron chi connectivity index (χ4n) is 3.13. The van der Waals surface area contributed by atoms with E-state index in [1.807, 2.05) is 24.2 Å². The first kappa shape index (κ1) is 18.2. The topological polar surface area (TPSA) is 75.2 Å². The van der Waals surface area contributed by atoms with Gasteiger partial charge in [-0.25, -0.2) is 13.4 Å². The Labute approximate surface area is 164 Å². The van der Waals surface area contributed by atoms with Crippen LogP contribution >= 0.6 is 0 Å². The van der Waals surface area contributed by atoms with Crippen molar-refractivity contribution in [2.45, 2.75) is 23.1 Å². The lowest BCUT2D eigenvalue weighted by molar-refractivity contribution is 0.595. The highest BCUT2D eigenvalue weighted by Crippen LogP contribution is 2.24. The molecule has 1 N–H and O–H groups in total. The van der Waals surface area contributed by atoms with Crippen LogP contribution in [0.3, 0.4) is 0 Å². The maximum absolute atomic E-state index is 12.7. The van der Waals surface area contributed by atoms with Crippen LogP contribution in [0, 0.1) is 0 Å². The van der Waals surface area contributed by atoms with E-state index in [4.69, 9.17) is 0 Å². The summed E-state index contributed by atoms with van der Waals surface area (Å²) >= 11 is 0. The number of hydrogen-bond acceptors (Lipinski definition) is 6. The number of allylic oxidation sites excluding steroid dienone is 1. The molecule has 1 aliphatic heterocycles. The predicted molar refractivity (Wildman–Crippen MR) is 107 cm³/mol. The second kappa shape index (κ2) is 7.44. The van der Waals surface area contributed by atoms with Crippen molar-refractivity contribution in [3.8, 4) is 0 Å². The van der Waals surface area contributed by atoms with Crippen LogP contribution in [-0.2, 0) is 16.3 Å². The summed E-state index contributed by atoms with van der Waals surface area (Å²) in [7, 11) is -3.56. The number of anilines is 1. The molecule has 6 nitrogen and oxygen atoms in total. The number of benzene rings is 1. The van der Waals surface area contributed by atoms with Crippen LogP contribution in [0.25, 0.3) is 0 Å². The van der Waals surface area contributed by atoms with Gasteiger partial charge in [0.2, 0.25) is 9.84 Å². The van der Waals surface area contributed by atoms with Crippen molar-refractivity contribution >= 4 is 15.7 Å². The molecule has 0 bridgehead atoms. The zero-order chi connectivity index (χ0) is 19.6. The molecule has 0 spiro atoms. The summed E-state index contributed by atoms with van der Waals surface area (Å²) in [5.74, 6) is 0.674. The average molecular weight is 392 g/mol. The Kier molecular flexibility index (Phi) is 4.83. The number of aromatic nitrogens is 2. The fourth-order valence-corrected chi connectivity index (χ4v) is 4.36. The van der Waals surface area contributed by atoms with Crippen molar-refractivity contribution < 1.29 is 8.42 Å². The molecule has 0 saturated carbocycles. The van der Waals surface area contributed by atoms with Gasteiger partial charge in [-0.15, -0.1) is 0 Å². The molecule has 0 fully saturated rings. The van der Waals surface area contributed by atoms with Crippen molar-refractivity contribution in [1.82, 2.24) is 15.4 Å². The molecule has 0 unspecified atom stereocenters. The van der Waals surface area contributed by atoms with Gasteiger partial charge in [0.1, 0.15) is 5.82 Å². The van der Waals surface area contributed by atoms with Gasteiger partial charge >= 0.3 is 0 Å². The first-order valence-corrected chi connectivity index (χ1v) is 10.4. The Morgan fingerprint density at radius 2 is 1.82 bits per heavy atom. The highest BCUT2D eigenvalue weighted by atomic mass is 32.2. The molecule has 3 aromatic rings. The summed E-state index contributed by atoms with van der Waals surface area (Å²) in [6, 6.07) is 15.7. The molecule has 1 aliphatic rings. The lowest BCUT2D eigenvalue weighted by Gasteiger charge is -2.19. The average Bonchev–Trinajstić information content (AvgIpc) is 3.10. The van der Waals surface area contributed by atoms with E-state index in [0.717, 1.165) is 17.7 Å². The normalized spacial score (nSPS) is 14.2. The van der Waals surface area contributed by atoms with Gasteiger partial charge in [0.05, 0.1) is 16.3 Å². The zero-order valence-electron chi connectivity index (χ0n) is 15.4. The summed E-state index contributed by atoms with van der Waals surface area (Å²) in [4.78, 5) is 8.98. The summed E-state index contributed by atoms with van der Waals surface area (Å²) < 4.78 is 25.4. The van der Waals surface area contributed by atoms with Gasteiger partial charge in [-0.05, 0) is 54.8 Å². The zero-order valence-corrected chi connectivity index (χ0v) is 16.2. The molecular formula is C21H20N4O2S. The first-order chi connectivity index (χ1) is 13.5. The van der Waals surface area contributed by atoms with E-state index in [1.165, 1.54) is 11.8 Å². The molecule has 3 heterocycles. The maximum atomic E-state index is 12.7. The van der Waals surface area contributed by atoms with Gasteiger partial charge < -0.3 is 5.43 Å². The lowest BCUT2D eigenvalue weighted by Crippen LogP contribution is -2.32. The minimum Gasteiger partial charge on any atom is -0.301 e. The quantitative estimate of drug-likeness (QED) is 0.719. The van der Waals surface area contributed by atoms with E-state index >= 15 is 0 Å². The standard InChI is InChI=1S/C21H20N4O2S/c1-16-18(12-17-6-5-11-22-13-17)15-25(24-16)21-10-9-20(14-23-21)28(26,27)19-7-3-2-4-8-19/h2-11,13-14,24H,12,15H2,1H3. The van der Waals surface area contributed by atoms with Gasteiger partial charge in [0.15, 0.2) is 0 Å². The molecule has 4 rings (SSSR count). The van der Waals surface area contributed by atoms with Crippen LogP contribution in [0.4, 0.5) is 5.82 Å². The Morgan fingerprint density at radius 1 is 1.00 bits per heavy atom. The van der Waals surface area contributed by atoms with Crippen LogP contribution < -0.4 is 10.4 Å². The Bertz CT molecular complexity index is 1100. The predicted octanol–water partition coefficient (Wildman–Crippen LogP) is 3.15. The molecular weight excluding hydrogens is 372 g/mol. The second-order valence-corrected chi connectivity index (χ2v) is 8.58. The number of hydrogen-bond donors (Lipinski definition) is 1. The van der Waals surface area contributed by atoms with Crippen LogP contribution in [-0.4, -0.2) is 24.9 Å². The minimum absolute atomic E-state index is 0.182. The highest BCUT2D eigenvalue weighted by Gasteiger charge is 2.22. The number of pyridine rings is 2. The Balaban J connectivity index is 1.50. The van der Waals surface area contributed by atoms with E-state index < -0.39 is 9.84 Å². The Morgan fingerprint density at radius 3 is 2.50 bits per heavy atom. The number of nitrogens with one attached hydrogen (secondary N) is 1. The van der Waals surface area contributed by atoms with Crippen molar-refractivity contribution in [3.05, 3.63) is 90.0 Å². The largest absolute Gasteiger partial charge is 0.301 e. The number of sulfone groups is 1. The molecule has 7 heteroatoms. The van der Waals surface area contributed by atoms with Gasteiger partial charge in [-0.3, -0.25) is 9.99 Å². The minimum atomic E-state index is -3.56. The molecule has 1 aromatic carbocycles. The second-order valence-electron chi connectivity index (χ2n) is 6.63. The third-order valence-electron chi connectivity index (χ3n) is 4.68. The maximum Gasteiger partial charge on any atom is 0.208 e. The SMILES string of the molecule is CC1=C(Cc2cccnc2)CN(c2ccc(S(=O)(=O)c3ccccc3)cn2)N1. The van der Waals surface area contributed by atoms with E-state index in [-0.39, 0.29) is 9.79 Å². The first-order valence-electron chi connectivity index (χ1n) is 8.92. The lowest BCUT2D eigenvalue weighted by atomic mass is 10.1. The summed E-state index contributed by atoms with van der Waals surface area (Å²) in [5.41, 5.74) is 6.78. The monoisotopic (exact) mass is 392 g/mol. The van der Waals surface area contributed by atoms with E-state index in [0.29, 0.717) is 12.4 Å². The van der Waals surface area contributed by atoms with Crippen LogP contribution in [0.15, 0.2) is 94.2 Å². The number of hydrazine groups is 1. The van der Waals surface area contributed by atoms with Crippen LogP contribution in [0.5, 0.6) is 0 Å². The molecule has 0 saturated heterocycles. The third-order valence-corrected chi connectivity index (χ3v) is 6.44. The van der Waals surface area contributed by atoms with Gasteiger partial charge in [-0.2, -0.15) is 0 Å². The van der Waals surface area contributed by atoms with Gasteiger partial charge in [-0.1, -0.05) is 24.3 Å². The van der Waals surface area contributed by atoms with E-state index in [9.17, 15) is 8.42 Å². The third kappa shape index (κ3) is 3.61. The molecule has 0 amide bonds. The summed E-state index contributed by atoms with van der Waals surface area (Å²) in [6.45, 7) is 2.71. The summed E-state index contributed by atoms with van der Waals surface area (Å²) in [5, 5.41) is 1.92. The molecule has 28 heavy (non-hydrogen) atoms. The van der Waals surface area contributed by atoms with Crippen molar-refractivity contribution in [2.24, 2.45) is 0 Å². The van der Waals surface area contributed by atoms with Gasteiger partial charge in [0, 0.05) is 24.3 Å². The smallest absolute Gasteiger partial charge is 0.208 e. The molecule has 0 radical (unpaired) electrons. The molecule has 0 aliphatic carbocycles. The molecule has 142 valence electrons. The molecule has 0 atom stereocenters. The van der Waals surface area contributed by atoms with Crippen LogP contribution in [0.1, 0.15) is 12.5 Å². The van der Waals surface area contributed by atoms with Crippen molar-refractivity contribution in [2.75, 3.05) is 11.6 Å².